The van der Waals surface area contributed by atoms with Crippen molar-refractivity contribution in [2.75, 3.05) is 0 Å². The maximum absolute atomic E-state index is 13.2. The van der Waals surface area contributed by atoms with Crippen LogP contribution in [-0.4, -0.2) is 15.5 Å². The topological polar surface area (TPSA) is 54.9 Å². The zero-order valence-electron chi connectivity index (χ0n) is 13.8. The van der Waals surface area contributed by atoms with E-state index in [1.54, 1.807) is 12.1 Å². The molecule has 4 nitrogen and oxygen atoms in total. The summed E-state index contributed by atoms with van der Waals surface area (Å²) in [6, 6.07) is 16.1. The third-order valence-corrected chi connectivity index (χ3v) is 4.88. The Balaban J connectivity index is 1.74. The van der Waals surface area contributed by atoms with Crippen molar-refractivity contribution in [1.82, 2.24) is 14.9 Å². The average molecular weight is 355 g/mol. The summed E-state index contributed by atoms with van der Waals surface area (Å²) < 4.78 is 17.1. The molecule has 1 amide bonds. The minimum atomic E-state index is -0.284. The molecule has 2 aromatic carbocycles. The van der Waals surface area contributed by atoms with E-state index in [1.807, 2.05) is 37.3 Å². The average Bonchev–Trinajstić information content (AvgIpc) is 3.04. The molecule has 128 valence electrons. The molecule has 0 aliphatic carbocycles. The molecule has 6 heteroatoms. The fraction of sp³-hybridized carbons (Fsp3) is 0.211. The van der Waals surface area contributed by atoms with Gasteiger partial charge in [0.15, 0.2) is 0 Å². The fourth-order valence-electron chi connectivity index (χ4n) is 2.66. The lowest BCUT2D eigenvalue weighted by atomic mass is 9.88. The lowest BCUT2D eigenvalue weighted by Crippen LogP contribution is -2.25. The van der Waals surface area contributed by atoms with E-state index in [-0.39, 0.29) is 17.6 Å². The quantitative estimate of drug-likeness (QED) is 0.731. The molecule has 1 atom stereocenters. The zero-order valence-corrected chi connectivity index (χ0v) is 14.6. The second-order valence-electron chi connectivity index (χ2n) is 5.78. The summed E-state index contributed by atoms with van der Waals surface area (Å²) in [6.45, 7) is 2.30. The van der Waals surface area contributed by atoms with Gasteiger partial charge in [0.2, 0.25) is 5.91 Å². The number of rotatable bonds is 6. The van der Waals surface area contributed by atoms with Gasteiger partial charge < -0.3 is 5.32 Å². The molecule has 3 aromatic rings. The number of halogens is 1. The van der Waals surface area contributed by atoms with Gasteiger partial charge in [0.05, 0.1) is 17.1 Å². The van der Waals surface area contributed by atoms with Crippen LogP contribution < -0.4 is 5.32 Å². The van der Waals surface area contributed by atoms with Crippen LogP contribution in [0.1, 0.15) is 34.0 Å². The number of aryl methyl sites for hydroxylation is 1. The van der Waals surface area contributed by atoms with E-state index in [1.165, 1.54) is 23.7 Å². The molecule has 0 fully saturated rings. The van der Waals surface area contributed by atoms with Crippen molar-refractivity contribution in [3.8, 4) is 0 Å². The minimum absolute atomic E-state index is 0.0639. The van der Waals surface area contributed by atoms with Crippen molar-refractivity contribution in [2.24, 2.45) is 0 Å². The maximum Gasteiger partial charge on any atom is 0.221 e. The standard InChI is InChI=1S/C19H18FN3OS/c1-13-18(25-23-22-13)12-21-19(24)11-17(14-5-3-2-4-6-14)15-7-9-16(20)10-8-15/h2-10,17H,11-12H2,1H3,(H,21,24). The predicted molar refractivity (Wildman–Crippen MR) is 95.8 cm³/mol. The molecule has 0 radical (unpaired) electrons. The SMILES string of the molecule is Cc1nnsc1CNC(=O)CC(c1ccccc1)c1ccc(F)cc1. The highest BCUT2D eigenvalue weighted by Gasteiger charge is 2.18. The van der Waals surface area contributed by atoms with Crippen molar-refractivity contribution >= 4 is 17.4 Å². The summed E-state index contributed by atoms with van der Waals surface area (Å²) in [5, 5.41) is 6.87. The molecule has 1 N–H and O–H groups in total. The molecular weight excluding hydrogens is 337 g/mol. The van der Waals surface area contributed by atoms with Crippen molar-refractivity contribution in [3.63, 3.8) is 0 Å². The van der Waals surface area contributed by atoms with Gasteiger partial charge in [-0.1, -0.05) is 47.0 Å². The monoisotopic (exact) mass is 355 g/mol. The first-order chi connectivity index (χ1) is 12.1. The van der Waals surface area contributed by atoms with Crippen molar-refractivity contribution in [2.45, 2.75) is 25.8 Å². The lowest BCUT2D eigenvalue weighted by molar-refractivity contribution is -0.121. The summed E-state index contributed by atoms with van der Waals surface area (Å²) in [5.41, 5.74) is 2.78. The Bertz CT molecular complexity index is 833. The van der Waals surface area contributed by atoms with Gasteiger partial charge in [-0.2, -0.15) is 0 Å². The molecule has 0 saturated carbocycles. The Morgan fingerprint density at radius 1 is 1.12 bits per heavy atom. The number of benzene rings is 2. The van der Waals surface area contributed by atoms with E-state index in [4.69, 9.17) is 0 Å². The Kier molecular flexibility index (Phi) is 5.50. The second kappa shape index (κ2) is 7.98. The number of carbonyl (C=O) groups is 1. The van der Waals surface area contributed by atoms with Gasteiger partial charge >= 0.3 is 0 Å². The van der Waals surface area contributed by atoms with Crippen LogP contribution in [0.4, 0.5) is 4.39 Å². The number of hydrogen-bond donors (Lipinski definition) is 1. The molecule has 1 unspecified atom stereocenters. The molecule has 0 saturated heterocycles. The van der Waals surface area contributed by atoms with Gasteiger partial charge in [0, 0.05) is 12.3 Å². The summed E-state index contributed by atoms with van der Waals surface area (Å²) in [4.78, 5) is 13.4. The summed E-state index contributed by atoms with van der Waals surface area (Å²) in [5.74, 6) is -0.471. The van der Waals surface area contributed by atoms with Gasteiger partial charge in [0.25, 0.3) is 0 Å². The normalized spacial score (nSPS) is 11.9. The number of hydrogen-bond acceptors (Lipinski definition) is 4. The largest absolute Gasteiger partial charge is 0.351 e. The van der Waals surface area contributed by atoms with E-state index >= 15 is 0 Å². The fourth-order valence-corrected chi connectivity index (χ4v) is 3.23. The van der Waals surface area contributed by atoms with Crippen molar-refractivity contribution in [1.29, 1.82) is 0 Å². The van der Waals surface area contributed by atoms with E-state index in [0.717, 1.165) is 21.7 Å². The van der Waals surface area contributed by atoms with E-state index in [2.05, 4.69) is 14.9 Å². The molecular formula is C19H18FN3OS. The first-order valence-corrected chi connectivity index (χ1v) is 8.76. The summed E-state index contributed by atoms with van der Waals surface area (Å²) in [7, 11) is 0. The predicted octanol–water partition coefficient (Wildman–Crippen LogP) is 3.82. The number of nitrogens with zero attached hydrogens (tertiary/aromatic N) is 2. The lowest BCUT2D eigenvalue weighted by Gasteiger charge is -2.18. The highest BCUT2D eigenvalue weighted by atomic mass is 32.1. The Morgan fingerprint density at radius 2 is 1.80 bits per heavy atom. The zero-order chi connectivity index (χ0) is 17.6. The number of nitrogens with one attached hydrogen (secondary N) is 1. The number of carbonyl (C=O) groups excluding carboxylic acids is 1. The van der Waals surface area contributed by atoms with Gasteiger partial charge in [-0.15, -0.1) is 5.10 Å². The van der Waals surface area contributed by atoms with E-state index in [9.17, 15) is 9.18 Å². The molecule has 3 rings (SSSR count). The van der Waals surface area contributed by atoms with Crippen LogP contribution in [0.25, 0.3) is 0 Å². The highest BCUT2D eigenvalue weighted by molar-refractivity contribution is 7.05. The first-order valence-electron chi connectivity index (χ1n) is 7.98. The molecule has 1 heterocycles. The van der Waals surface area contributed by atoms with E-state index < -0.39 is 0 Å². The number of amides is 1. The van der Waals surface area contributed by atoms with Gasteiger partial charge in [0.1, 0.15) is 5.82 Å². The van der Waals surface area contributed by atoms with Crippen LogP contribution >= 0.6 is 11.5 Å². The van der Waals surface area contributed by atoms with E-state index in [0.29, 0.717) is 13.0 Å². The van der Waals surface area contributed by atoms with Crippen LogP contribution in [0.3, 0.4) is 0 Å². The highest BCUT2D eigenvalue weighted by Crippen LogP contribution is 2.28. The van der Waals surface area contributed by atoms with Crippen LogP contribution in [0.15, 0.2) is 54.6 Å². The van der Waals surface area contributed by atoms with Crippen LogP contribution in [0.2, 0.25) is 0 Å². The van der Waals surface area contributed by atoms with Gasteiger partial charge in [-0.05, 0) is 41.7 Å². The van der Waals surface area contributed by atoms with Crippen molar-refractivity contribution in [3.05, 3.63) is 82.1 Å². The Labute approximate surface area is 149 Å². The molecule has 0 bridgehead atoms. The molecule has 1 aromatic heterocycles. The Hall–Kier alpha value is -2.60. The molecule has 0 spiro atoms. The maximum atomic E-state index is 13.2. The van der Waals surface area contributed by atoms with Gasteiger partial charge in [-0.25, -0.2) is 4.39 Å². The summed E-state index contributed by atoms with van der Waals surface area (Å²) in [6.07, 6.45) is 0.293. The minimum Gasteiger partial charge on any atom is -0.351 e. The third-order valence-electron chi connectivity index (χ3n) is 4.06. The molecule has 0 aliphatic rings. The smallest absolute Gasteiger partial charge is 0.221 e. The van der Waals surface area contributed by atoms with Crippen LogP contribution in [-0.2, 0) is 11.3 Å². The number of aromatic nitrogens is 2. The van der Waals surface area contributed by atoms with Crippen LogP contribution in [0.5, 0.6) is 0 Å². The molecule has 25 heavy (non-hydrogen) atoms. The summed E-state index contributed by atoms with van der Waals surface area (Å²) >= 11 is 1.29. The van der Waals surface area contributed by atoms with Crippen molar-refractivity contribution < 1.29 is 9.18 Å². The third kappa shape index (κ3) is 4.48. The first kappa shape index (κ1) is 17.2. The van der Waals surface area contributed by atoms with Crippen LogP contribution in [0, 0.1) is 12.7 Å². The molecule has 0 aliphatic heterocycles. The van der Waals surface area contributed by atoms with Gasteiger partial charge in [-0.3, -0.25) is 4.79 Å². The Morgan fingerprint density at radius 3 is 2.44 bits per heavy atom. The second-order valence-corrected chi connectivity index (χ2v) is 6.62.